The van der Waals surface area contributed by atoms with Gasteiger partial charge in [0.05, 0.1) is 7.11 Å². The van der Waals surface area contributed by atoms with Crippen molar-refractivity contribution in [3.05, 3.63) is 35.6 Å². The van der Waals surface area contributed by atoms with E-state index >= 15 is 0 Å². The zero-order valence-electron chi connectivity index (χ0n) is 7.53. The second-order valence-electron chi connectivity index (χ2n) is 2.74. The molecular weight excluding hydrogens is 202 g/mol. The lowest BCUT2D eigenvalue weighted by Crippen LogP contribution is -1.84. The normalized spacial score (nSPS) is 10.1. The Morgan fingerprint density at radius 1 is 1.43 bits per heavy atom. The lowest BCUT2D eigenvalue weighted by Gasteiger charge is -1.99. The number of aromatic nitrogens is 1. The van der Waals surface area contributed by atoms with Crippen molar-refractivity contribution in [1.29, 1.82) is 0 Å². The van der Waals surface area contributed by atoms with Crippen LogP contribution in [0.2, 0.25) is 5.02 Å². The van der Waals surface area contributed by atoms with E-state index in [4.69, 9.17) is 20.9 Å². The molecule has 2 aromatic rings. The molecule has 0 saturated carbocycles. The maximum atomic E-state index is 5.86. The smallest absolute Gasteiger partial charge is 0.186 e. The average Bonchev–Trinajstić information content (AvgIpc) is 2.65. The summed E-state index contributed by atoms with van der Waals surface area (Å²) < 4.78 is 9.89. The van der Waals surface area contributed by atoms with Crippen LogP contribution >= 0.6 is 11.6 Å². The number of ether oxygens (including phenoxy) is 1. The van der Waals surface area contributed by atoms with E-state index < -0.39 is 0 Å². The zero-order valence-corrected chi connectivity index (χ0v) is 8.28. The maximum Gasteiger partial charge on any atom is 0.186 e. The van der Waals surface area contributed by atoms with Gasteiger partial charge in [0.15, 0.2) is 17.7 Å². The Morgan fingerprint density at radius 2 is 2.29 bits per heavy atom. The highest BCUT2D eigenvalue weighted by molar-refractivity contribution is 6.30. The Balaban J connectivity index is 2.49. The molecule has 3 nitrogen and oxygen atoms in total. The summed E-state index contributed by atoms with van der Waals surface area (Å²) in [5.74, 6) is 0.604. The summed E-state index contributed by atoms with van der Waals surface area (Å²) in [5, 5.41) is 4.50. The Morgan fingerprint density at radius 3 is 3.00 bits per heavy atom. The van der Waals surface area contributed by atoms with Crippen LogP contribution < -0.4 is 4.74 Å². The fourth-order valence-corrected chi connectivity index (χ4v) is 1.39. The van der Waals surface area contributed by atoms with Crippen LogP contribution in [0, 0.1) is 0 Å². The van der Waals surface area contributed by atoms with Gasteiger partial charge in [-0.3, -0.25) is 0 Å². The molecule has 0 fully saturated rings. The molecule has 14 heavy (non-hydrogen) atoms. The van der Waals surface area contributed by atoms with E-state index in [2.05, 4.69) is 5.16 Å². The summed E-state index contributed by atoms with van der Waals surface area (Å²) in [6.07, 6.45) is 1.45. The zero-order chi connectivity index (χ0) is 9.97. The molecule has 2 rings (SSSR count). The van der Waals surface area contributed by atoms with Gasteiger partial charge in [0.1, 0.15) is 0 Å². The van der Waals surface area contributed by atoms with Crippen molar-refractivity contribution in [2.45, 2.75) is 0 Å². The van der Waals surface area contributed by atoms with Gasteiger partial charge in [-0.15, -0.1) is 0 Å². The first-order valence-corrected chi connectivity index (χ1v) is 4.43. The van der Waals surface area contributed by atoms with Gasteiger partial charge in [-0.05, 0) is 12.1 Å². The first-order valence-electron chi connectivity index (χ1n) is 4.05. The minimum Gasteiger partial charge on any atom is -0.491 e. The number of hydrogen-bond donors (Lipinski definition) is 0. The topological polar surface area (TPSA) is 35.3 Å². The molecule has 0 aliphatic rings. The summed E-state index contributed by atoms with van der Waals surface area (Å²) in [4.78, 5) is 0. The SMILES string of the molecule is COc1conc1-c1cccc(Cl)c1. The summed E-state index contributed by atoms with van der Waals surface area (Å²) in [5.41, 5.74) is 1.54. The summed E-state index contributed by atoms with van der Waals surface area (Å²) in [6, 6.07) is 7.36. The quantitative estimate of drug-likeness (QED) is 0.763. The monoisotopic (exact) mass is 209 g/mol. The van der Waals surface area contributed by atoms with E-state index in [1.54, 1.807) is 13.2 Å². The van der Waals surface area contributed by atoms with Gasteiger partial charge in [-0.25, -0.2) is 0 Å². The molecule has 72 valence electrons. The summed E-state index contributed by atoms with van der Waals surface area (Å²) in [6.45, 7) is 0. The van der Waals surface area contributed by atoms with Crippen LogP contribution in [0.5, 0.6) is 5.75 Å². The number of halogens is 1. The van der Waals surface area contributed by atoms with Gasteiger partial charge in [0.2, 0.25) is 0 Å². The Kier molecular flexibility index (Phi) is 2.41. The Labute approximate surface area is 86.2 Å². The van der Waals surface area contributed by atoms with Crippen molar-refractivity contribution < 1.29 is 9.26 Å². The largest absolute Gasteiger partial charge is 0.491 e. The minimum absolute atomic E-state index is 0.604. The molecule has 1 aromatic carbocycles. The van der Waals surface area contributed by atoms with Crippen molar-refractivity contribution in [1.82, 2.24) is 5.16 Å². The third-order valence-corrected chi connectivity index (χ3v) is 2.09. The molecule has 0 spiro atoms. The Bertz CT molecular complexity index is 439. The second-order valence-corrected chi connectivity index (χ2v) is 3.18. The van der Waals surface area contributed by atoms with Crippen molar-refractivity contribution >= 4 is 11.6 Å². The highest BCUT2D eigenvalue weighted by atomic mass is 35.5. The molecule has 0 saturated heterocycles. The molecule has 0 aliphatic heterocycles. The fraction of sp³-hybridized carbons (Fsp3) is 0.100. The molecule has 0 N–H and O–H groups in total. The first kappa shape index (κ1) is 9.09. The van der Waals surface area contributed by atoms with Crippen LogP contribution in [-0.2, 0) is 0 Å². The lowest BCUT2D eigenvalue weighted by atomic mass is 10.1. The van der Waals surface area contributed by atoms with E-state index in [1.807, 2.05) is 18.2 Å². The van der Waals surface area contributed by atoms with Gasteiger partial charge >= 0.3 is 0 Å². The third-order valence-electron chi connectivity index (χ3n) is 1.86. The van der Waals surface area contributed by atoms with Crippen LogP contribution in [-0.4, -0.2) is 12.3 Å². The molecule has 0 atom stereocenters. The van der Waals surface area contributed by atoms with E-state index in [1.165, 1.54) is 6.26 Å². The van der Waals surface area contributed by atoms with Gasteiger partial charge in [-0.2, -0.15) is 0 Å². The average molecular weight is 210 g/mol. The molecule has 0 amide bonds. The molecule has 0 aliphatic carbocycles. The van der Waals surface area contributed by atoms with Crippen LogP contribution in [0.1, 0.15) is 0 Å². The molecule has 1 heterocycles. The van der Waals surface area contributed by atoms with Crippen LogP contribution in [0.15, 0.2) is 35.1 Å². The number of hydrogen-bond acceptors (Lipinski definition) is 3. The number of benzene rings is 1. The van der Waals surface area contributed by atoms with Crippen molar-refractivity contribution in [3.8, 4) is 17.0 Å². The van der Waals surface area contributed by atoms with Gasteiger partial charge in [0.25, 0.3) is 0 Å². The van der Waals surface area contributed by atoms with Crippen LogP contribution in [0.4, 0.5) is 0 Å². The predicted molar refractivity (Wildman–Crippen MR) is 53.5 cm³/mol. The molecule has 0 unspecified atom stereocenters. The van der Waals surface area contributed by atoms with Gasteiger partial charge in [-0.1, -0.05) is 28.9 Å². The number of methoxy groups -OCH3 is 1. The summed E-state index contributed by atoms with van der Waals surface area (Å²) >= 11 is 5.86. The van der Waals surface area contributed by atoms with Crippen molar-refractivity contribution in [2.75, 3.05) is 7.11 Å². The fourth-order valence-electron chi connectivity index (χ4n) is 1.20. The molecule has 0 radical (unpaired) electrons. The van der Waals surface area contributed by atoms with E-state index in [9.17, 15) is 0 Å². The van der Waals surface area contributed by atoms with Crippen molar-refractivity contribution in [3.63, 3.8) is 0 Å². The lowest BCUT2D eigenvalue weighted by molar-refractivity contribution is 0.390. The Hall–Kier alpha value is -1.48. The van der Waals surface area contributed by atoms with Gasteiger partial charge < -0.3 is 9.26 Å². The molecule has 4 heteroatoms. The molecule has 0 bridgehead atoms. The van der Waals surface area contributed by atoms with E-state index in [-0.39, 0.29) is 0 Å². The highest BCUT2D eigenvalue weighted by Crippen LogP contribution is 2.29. The summed E-state index contributed by atoms with van der Waals surface area (Å²) in [7, 11) is 1.57. The highest BCUT2D eigenvalue weighted by Gasteiger charge is 2.10. The molecular formula is C10H8ClNO2. The van der Waals surface area contributed by atoms with Crippen LogP contribution in [0.3, 0.4) is 0 Å². The number of rotatable bonds is 2. The molecule has 1 aromatic heterocycles. The third kappa shape index (κ3) is 1.59. The van der Waals surface area contributed by atoms with Crippen molar-refractivity contribution in [2.24, 2.45) is 0 Å². The minimum atomic E-state index is 0.604. The first-order chi connectivity index (χ1) is 6.81. The van der Waals surface area contributed by atoms with E-state index in [0.717, 1.165) is 5.56 Å². The number of nitrogens with zero attached hydrogens (tertiary/aromatic N) is 1. The van der Waals surface area contributed by atoms with Gasteiger partial charge in [0, 0.05) is 10.6 Å². The maximum absolute atomic E-state index is 5.86. The van der Waals surface area contributed by atoms with Crippen LogP contribution in [0.25, 0.3) is 11.3 Å². The second kappa shape index (κ2) is 3.72. The van der Waals surface area contributed by atoms with E-state index in [0.29, 0.717) is 16.5 Å². The standard InChI is InChI=1S/C10H8ClNO2/c1-13-9-6-14-12-10(9)7-3-2-4-8(11)5-7/h2-6H,1H3. The predicted octanol–water partition coefficient (Wildman–Crippen LogP) is 3.00.